The van der Waals surface area contributed by atoms with Crippen LogP contribution in [-0.4, -0.2) is 52.5 Å². The van der Waals surface area contributed by atoms with Crippen molar-refractivity contribution >= 4 is 23.6 Å². The molecule has 1 aliphatic heterocycles. The van der Waals surface area contributed by atoms with Crippen molar-refractivity contribution in [2.24, 2.45) is 11.7 Å². The Hall–Kier alpha value is -0.750. The molecule has 1 aliphatic rings. The molecule has 98 valence electrons. The van der Waals surface area contributed by atoms with Gasteiger partial charge in [0.15, 0.2) is 0 Å². The van der Waals surface area contributed by atoms with E-state index in [-0.39, 0.29) is 17.1 Å². The number of hydrogen-bond donors (Lipinski definition) is 2. The zero-order chi connectivity index (χ0) is 12.8. The van der Waals surface area contributed by atoms with Gasteiger partial charge in [0.05, 0.1) is 11.7 Å². The summed E-state index contributed by atoms with van der Waals surface area (Å²) in [5.41, 5.74) is 5.48. The van der Waals surface area contributed by atoms with Crippen LogP contribution in [0.3, 0.4) is 0 Å². The maximum Gasteiger partial charge on any atom is 0.306 e. The molecule has 1 unspecified atom stereocenters. The molecule has 0 aromatic carbocycles. The lowest BCUT2D eigenvalue weighted by molar-refractivity contribution is -0.145. The molecular formula is C11H20N2O3S. The molecule has 1 fully saturated rings. The van der Waals surface area contributed by atoms with Gasteiger partial charge in [0, 0.05) is 24.9 Å². The summed E-state index contributed by atoms with van der Waals surface area (Å²) < 4.78 is 0. The number of aliphatic carboxylic acids is 1. The Morgan fingerprint density at radius 1 is 1.47 bits per heavy atom. The van der Waals surface area contributed by atoms with Crippen molar-refractivity contribution in [3.8, 4) is 0 Å². The molecule has 0 aromatic rings. The van der Waals surface area contributed by atoms with Crippen LogP contribution in [0.5, 0.6) is 0 Å². The summed E-state index contributed by atoms with van der Waals surface area (Å²) >= 11 is 1.55. The lowest BCUT2D eigenvalue weighted by Gasteiger charge is -2.30. The van der Waals surface area contributed by atoms with E-state index in [0.717, 1.165) is 0 Å². The van der Waals surface area contributed by atoms with Crippen molar-refractivity contribution in [3.63, 3.8) is 0 Å². The topological polar surface area (TPSA) is 83.6 Å². The Labute approximate surface area is 106 Å². The maximum absolute atomic E-state index is 11.8. The molecule has 0 bridgehead atoms. The fourth-order valence-electron chi connectivity index (χ4n) is 1.75. The van der Waals surface area contributed by atoms with Gasteiger partial charge >= 0.3 is 5.97 Å². The van der Waals surface area contributed by atoms with Crippen LogP contribution in [0, 0.1) is 5.92 Å². The average Bonchev–Trinajstić information content (AvgIpc) is 2.35. The number of carboxylic acid groups (broad SMARTS) is 1. The third-order valence-electron chi connectivity index (χ3n) is 3.02. The average molecular weight is 260 g/mol. The van der Waals surface area contributed by atoms with Crippen LogP contribution >= 0.6 is 11.8 Å². The highest BCUT2D eigenvalue weighted by Gasteiger charge is 2.26. The van der Waals surface area contributed by atoms with Crippen molar-refractivity contribution in [2.75, 3.05) is 25.4 Å². The molecule has 1 heterocycles. The van der Waals surface area contributed by atoms with Crippen LogP contribution in [0.2, 0.25) is 0 Å². The van der Waals surface area contributed by atoms with Gasteiger partial charge in [0.1, 0.15) is 0 Å². The predicted molar refractivity (Wildman–Crippen MR) is 67.9 cm³/mol. The number of thioether (sulfide) groups is 1. The van der Waals surface area contributed by atoms with Crippen LogP contribution in [0.1, 0.15) is 19.8 Å². The lowest BCUT2D eigenvalue weighted by atomic mass is 9.97. The molecule has 0 aliphatic carbocycles. The highest BCUT2D eigenvalue weighted by atomic mass is 32.2. The van der Waals surface area contributed by atoms with E-state index < -0.39 is 5.97 Å². The number of carbonyl (C=O) groups is 2. The number of likely N-dealkylation sites (tertiary alicyclic amines) is 1. The predicted octanol–water partition coefficient (Wildman–Crippen LogP) is 0.390. The number of nitrogens with zero attached hydrogens (tertiary/aromatic N) is 1. The van der Waals surface area contributed by atoms with Crippen LogP contribution in [0.15, 0.2) is 0 Å². The number of nitrogens with two attached hydrogens (primary N) is 1. The Morgan fingerprint density at radius 2 is 2.06 bits per heavy atom. The maximum atomic E-state index is 11.8. The largest absolute Gasteiger partial charge is 0.481 e. The van der Waals surface area contributed by atoms with Gasteiger partial charge in [0.25, 0.3) is 0 Å². The molecule has 1 rings (SSSR count). The SMILES string of the molecule is CC(CN)SCC(=O)N1CCC(C(=O)O)CC1. The Morgan fingerprint density at radius 3 is 2.53 bits per heavy atom. The zero-order valence-corrected chi connectivity index (χ0v) is 10.9. The molecule has 6 heteroatoms. The van der Waals surface area contributed by atoms with Gasteiger partial charge in [-0.3, -0.25) is 9.59 Å². The normalized spacial score (nSPS) is 19.1. The molecule has 17 heavy (non-hydrogen) atoms. The second kappa shape index (κ2) is 6.86. The standard InChI is InChI=1S/C11H20N2O3S/c1-8(6-12)17-7-10(14)13-4-2-9(3-5-13)11(15)16/h8-9H,2-7,12H2,1H3,(H,15,16). The quantitative estimate of drug-likeness (QED) is 0.747. The molecule has 0 spiro atoms. The first-order valence-electron chi connectivity index (χ1n) is 5.86. The summed E-state index contributed by atoms with van der Waals surface area (Å²) in [6, 6.07) is 0. The van der Waals surface area contributed by atoms with Gasteiger partial charge in [-0.25, -0.2) is 0 Å². The van der Waals surface area contributed by atoms with E-state index in [4.69, 9.17) is 10.8 Å². The molecule has 1 saturated heterocycles. The Balaban J connectivity index is 2.28. The summed E-state index contributed by atoms with van der Waals surface area (Å²) in [6.45, 7) is 3.69. The highest BCUT2D eigenvalue weighted by Crippen LogP contribution is 2.18. The molecular weight excluding hydrogens is 240 g/mol. The van der Waals surface area contributed by atoms with Gasteiger partial charge < -0.3 is 15.7 Å². The van der Waals surface area contributed by atoms with E-state index >= 15 is 0 Å². The van der Waals surface area contributed by atoms with Crippen molar-refractivity contribution in [3.05, 3.63) is 0 Å². The lowest BCUT2D eigenvalue weighted by Crippen LogP contribution is -2.41. The van der Waals surface area contributed by atoms with E-state index in [1.165, 1.54) is 0 Å². The molecule has 0 aromatic heterocycles. The second-order valence-electron chi connectivity index (χ2n) is 4.35. The monoisotopic (exact) mass is 260 g/mol. The molecule has 5 nitrogen and oxygen atoms in total. The molecule has 1 amide bonds. The second-order valence-corrected chi connectivity index (χ2v) is 5.78. The third kappa shape index (κ3) is 4.55. The zero-order valence-electron chi connectivity index (χ0n) is 10.1. The smallest absolute Gasteiger partial charge is 0.306 e. The van der Waals surface area contributed by atoms with Crippen LogP contribution in [0.4, 0.5) is 0 Å². The number of amides is 1. The first-order valence-corrected chi connectivity index (χ1v) is 6.91. The number of carbonyl (C=O) groups excluding carboxylic acids is 1. The summed E-state index contributed by atoms with van der Waals surface area (Å²) in [6.07, 6.45) is 1.14. The third-order valence-corrected chi connectivity index (χ3v) is 4.20. The van der Waals surface area contributed by atoms with Gasteiger partial charge in [-0.05, 0) is 12.8 Å². The molecule has 0 saturated carbocycles. The molecule has 1 atom stereocenters. The molecule has 0 radical (unpaired) electrons. The van der Waals surface area contributed by atoms with E-state index in [1.54, 1.807) is 16.7 Å². The summed E-state index contributed by atoms with van der Waals surface area (Å²) in [5.74, 6) is -0.493. The first-order chi connectivity index (χ1) is 8.04. The highest BCUT2D eigenvalue weighted by molar-refractivity contribution is 8.00. The minimum atomic E-state index is -0.747. The van der Waals surface area contributed by atoms with E-state index in [0.29, 0.717) is 38.2 Å². The van der Waals surface area contributed by atoms with Crippen LogP contribution < -0.4 is 5.73 Å². The van der Waals surface area contributed by atoms with Gasteiger partial charge in [-0.1, -0.05) is 6.92 Å². The minimum absolute atomic E-state index is 0.0964. The van der Waals surface area contributed by atoms with Gasteiger partial charge in [-0.15, -0.1) is 11.8 Å². The number of piperidine rings is 1. The van der Waals surface area contributed by atoms with Crippen molar-refractivity contribution in [1.82, 2.24) is 4.90 Å². The van der Waals surface area contributed by atoms with Crippen molar-refractivity contribution in [1.29, 1.82) is 0 Å². The van der Waals surface area contributed by atoms with Crippen molar-refractivity contribution < 1.29 is 14.7 Å². The van der Waals surface area contributed by atoms with Gasteiger partial charge in [0.2, 0.25) is 5.91 Å². The Kier molecular flexibility index (Phi) is 5.77. The summed E-state index contributed by atoms with van der Waals surface area (Å²) in [5, 5.41) is 9.14. The summed E-state index contributed by atoms with van der Waals surface area (Å²) in [7, 11) is 0. The summed E-state index contributed by atoms with van der Waals surface area (Å²) in [4.78, 5) is 24.3. The van der Waals surface area contributed by atoms with Gasteiger partial charge in [-0.2, -0.15) is 0 Å². The molecule has 3 N–H and O–H groups in total. The van der Waals surface area contributed by atoms with Crippen molar-refractivity contribution in [2.45, 2.75) is 25.0 Å². The van der Waals surface area contributed by atoms with E-state index in [1.807, 2.05) is 6.92 Å². The van der Waals surface area contributed by atoms with E-state index in [9.17, 15) is 9.59 Å². The number of hydrogen-bond acceptors (Lipinski definition) is 4. The minimum Gasteiger partial charge on any atom is -0.481 e. The van der Waals surface area contributed by atoms with Crippen LogP contribution in [0.25, 0.3) is 0 Å². The first kappa shape index (κ1) is 14.3. The van der Waals surface area contributed by atoms with E-state index in [2.05, 4.69) is 0 Å². The number of rotatable bonds is 5. The fraction of sp³-hybridized carbons (Fsp3) is 0.818. The Bertz CT molecular complexity index is 278. The number of carboxylic acids is 1. The van der Waals surface area contributed by atoms with Crippen LogP contribution in [-0.2, 0) is 9.59 Å². The fourth-order valence-corrected chi connectivity index (χ4v) is 2.49.